The fourth-order valence-corrected chi connectivity index (χ4v) is 1.80. The van der Waals surface area contributed by atoms with Gasteiger partial charge in [-0.3, -0.25) is 10.1 Å². The third-order valence-electron chi connectivity index (χ3n) is 2.66. The number of carbonyl (C=O) groups is 1. The van der Waals surface area contributed by atoms with E-state index in [2.05, 4.69) is 10.6 Å². The molecule has 0 fully saturated rings. The van der Waals surface area contributed by atoms with Gasteiger partial charge in [0.15, 0.2) is 16.6 Å². The van der Waals surface area contributed by atoms with Crippen LogP contribution in [-0.4, -0.2) is 45.5 Å². The van der Waals surface area contributed by atoms with E-state index in [1.807, 2.05) is 6.07 Å². The predicted molar refractivity (Wildman–Crippen MR) is 89.2 cm³/mol. The van der Waals surface area contributed by atoms with Crippen LogP contribution in [0.4, 0.5) is 0 Å². The lowest BCUT2D eigenvalue weighted by atomic mass is 10.2. The maximum absolute atomic E-state index is 11.7. The molecule has 0 aromatic heterocycles. The summed E-state index contributed by atoms with van der Waals surface area (Å²) in [6, 6.07) is 5.37. The van der Waals surface area contributed by atoms with E-state index >= 15 is 0 Å². The van der Waals surface area contributed by atoms with Gasteiger partial charge in [0.05, 0.1) is 20.8 Å². The molecule has 22 heavy (non-hydrogen) atoms. The van der Waals surface area contributed by atoms with Crippen molar-refractivity contribution in [3.8, 4) is 11.5 Å². The SMILES string of the molecule is COCCNC(=S)NC(=O)/C=C/c1ccc(OC)c(OC)c1. The van der Waals surface area contributed by atoms with Crippen molar-refractivity contribution < 1.29 is 19.0 Å². The van der Waals surface area contributed by atoms with Crippen LogP contribution in [0.15, 0.2) is 24.3 Å². The highest BCUT2D eigenvalue weighted by Crippen LogP contribution is 2.27. The molecule has 0 radical (unpaired) electrons. The summed E-state index contributed by atoms with van der Waals surface area (Å²) in [4.78, 5) is 11.7. The van der Waals surface area contributed by atoms with Gasteiger partial charge in [0.25, 0.3) is 0 Å². The molecule has 0 atom stereocenters. The third-order valence-corrected chi connectivity index (χ3v) is 2.91. The Balaban J connectivity index is 2.56. The van der Waals surface area contributed by atoms with Gasteiger partial charge in [-0.1, -0.05) is 6.07 Å². The number of thiocarbonyl (C=S) groups is 1. The molecule has 2 N–H and O–H groups in total. The standard InChI is InChI=1S/C15H20N2O4S/c1-19-9-8-16-15(22)17-14(18)7-5-11-4-6-12(20-2)13(10-11)21-3/h4-7,10H,8-9H2,1-3H3,(H2,16,17,18,22)/b7-5+. The minimum Gasteiger partial charge on any atom is -0.493 e. The number of hydrogen-bond donors (Lipinski definition) is 2. The van der Waals surface area contributed by atoms with Crippen molar-refractivity contribution in [2.75, 3.05) is 34.5 Å². The van der Waals surface area contributed by atoms with Gasteiger partial charge in [-0.15, -0.1) is 0 Å². The van der Waals surface area contributed by atoms with E-state index < -0.39 is 0 Å². The molecule has 1 aromatic rings. The Hall–Kier alpha value is -2.12. The number of carbonyl (C=O) groups excluding carboxylic acids is 1. The van der Waals surface area contributed by atoms with Gasteiger partial charge in [-0.2, -0.15) is 0 Å². The molecule has 0 spiro atoms. The van der Waals surface area contributed by atoms with Gasteiger partial charge < -0.3 is 19.5 Å². The van der Waals surface area contributed by atoms with Crippen molar-refractivity contribution in [2.24, 2.45) is 0 Å². The highest BCUT2D eigenvalue weighted by atomic mass is 32.1. The minimum atomic E-state index is -0.315. The van der Waals surface area contributed by atoms with Crippen LogP contribution in [0.1, 0.15) is 5.56 Å². The topological polar surface area (TPSA) is 68.8 Å². The van der Waals surface area contributed by atoms with E-state index in [0.29, 0.717) is 24.7 Å². The first kappa shape index (κ1) is 17.9. The molecule has 7 heteroatoms. The number of hydrogen-bond acceptors (Lipinski definition) is 5. The van der Waals surface area contributed by atoms with Gasteiger partial charge in [0.1, 0.15) is 0 Å². The number of nitrogens with one attached hydrogen (secondary N) is 2. The smallest absolute Gasteiger partial charge is 0.250 e. The Labute approximate surface area is 135 Å². The third kappa shape index (κ3) is 6.11. The summed E-state index contributed by atoms with van der Waals surface area (Å²) in [5, 5.41) is 5.66. The van der Waals surface area contributed by atoms with E-state index in [9.17, 15) is 4.79 Å². The van der Waals surface area contributed by atoms with E-state index in [4.69, 9.17) is 26.4 Å². The van der Waals surface area contributed by atoms with Crippen molar-refractivity contribution in [3.05, 3.63) is 29.8 Å². The van der Waals surface area contributed by atoms with Gasteiger partial charge in [-0.25, -0.2) is 0 Å². The molecule has 0 aliphatic heterocycles. The van der Waals surface area contributed by atoms with E-state index in [1.165, 1.54) is 6.08 Å². The molecule has 0 aliphatic rings. The number of rotatable bonds is 7. The van der Waals surface area contributed by atoms with E-state index in [1.54, 1.807) is 39.5 Å². The molecule has 1 amide bonds. The normalized spacial score (nSPS) is 10.3. The molecule has 120 valence electrons. The van der Waals surface area contributed by atoms with Crippen molar-refractivity contribution >= 4 is 29.3 Å². The van der Waals surface area contributed by atoms with Crippen LogP contribution in [-0.2, 0) is 9.53 Å². The largest absolute Gasteiger partial charge is 0.493 e. The maximum Gasteiger partial charge on any atom is 0.250 e. The Morgan fingerprint density at radius 1 is 1.23 bits per heavy atom. The zero-order valence-corrected chi connectivity index (χ0v) is 13.7. The summed E-state index contributed by atoms with van der Waals surface area (Å²) < 4.78 is 15.2. The molecule has 6 nitrogen and oxygen atoms in total. The quantitative estimate of drug-likeness (QED) is 0.448. The molecule has 1 rings (SSSR count). The van der Waals surface area contributed by atoms with Crippen LogP contribution in [0.25, 0.3) is 6.08 Å². The number of benzene rings is 1. The van der Waals surface area contributed by atoms with Crippen LogP contribution < -0.4 is 20.1 Å². The van der Waals surface area contributed by atoms with Gasteiger partial charge in [-0.05, 0) is 36.0 Å². The monoisotopic (exact) mass is 324 g/mol. The fraction of sp³-hybridized carbons (Fsp3) is 0.333. The molecule has 0 bridgehead atoms. The molecule has 0 aliphatic carbocycles. The first-order valence-corrected chi connectivity index (χ1v) is 6.99. The highest BCUT2D eigenvalue weighted by Gasteiger charge is 2.04. The van der Waals surface area contributed by atoms with Crippen molar-refractivity contribution in [1.29, 1.82) is 0 Å². The molecular weight excluding hydrogens is 304 g/mol. The Morgan fingerprint density at radius 3 is 2.59 bits per heavy atom. The van der Waals surface area contributed by atoms with Crippen molar-refractivity contribution in [3.63, 3.8) is 0 Å². The summed E-state index contributed by atoms with van der Waals surface area (Å²) in [5.41, 5.74) is 0.811. The van der Waals surface area contributed by atoms with Crippen molar-refractivity contribution in [2.45, 2.75) is 0 Å². The number of amides is 1. The van der Waals surface area contributed by atoms with Crippen LogP contribution >= 0.6 is 12.2 Å². The number of methoxy groups -OCH3 is 3. The first-order chi connectivity index (χ1) is 10.6. The zero-order valence-electron chi connectivity index (χ0n) is 12.8. The second-order valence-electron chi connectivity index (χ2n) is 4.19. The second-order valence-corrected chi connectivity index (χ2v) is 4.59. The highest BCUT2D eigenvalue weighted by molar-refractivity contribution is 7.80. The Bertz CT molecular complexity index is 546. The van der Waals surface area contributed by atoms with Crippen LogP contribution in [0.2, 0.25) is 0 Å². The first-order valence-electron chi connectivity index (χ1n) is 6.58. The van der Waals surface area contributed by atoms with Crippen LogP contribution in [0.3, 0.4) is 0 Å². The maximum atomic E-state index is 11.7. The summed E-state index contributed by atoms with van der Waals surface area (Å²) >= 11 is 4.98. The zero-order chi connectivity index (χ0) is 16.4. The summed E-state index contributed by atoms with van der Waals surface area (Å²) in [6.07, 6.45) is 3.06. The average Bonchev–Trinajstić information content (AvgIpc) is 2.52. The van der Waals surface area contributed by atoms with Gasteiger partial charge >= 0.3 is 0 Å². The summed E-state index contributed by atoms with van der Waals surface area (Å²) in [6.45, 7) is 1.05. The Kier molecular flexibility index (Phi) is 7.95. The molecule has 0 heterocycles. The fourth-order valence-electron chi connectivity index (χ4n) is 1.59. The molecule has 0 saturated carbocycles. The summed E-state index contributed by atoms with van der Waals surface area (Å²) in [5.74, 6) is 0.916. The molecule has 0 saturated heterocycles. The number of ether oxygens (including phenoxy) is 3. The Morgan fingerprint density at radius 2 is 1.95 bits per heavy atom. The second kappa shape index (κ2) is 9.75. The molecular formula is C15H20N2O4S. The van der Waals surface area contributed by atoms with Crippen LogP contribution in [0.5, 0.6) is 11.5 Å². The lowest BCUT2D eigenvalue weighted by Gasteiger charge is -2.08. The van der Waals surface area contributed by atoms with Gasteiger partial charge in [0.2, 0.25) is 5.91 Å². The molecule has 0 unspecified atom stereocenters. The lowest BCUT2D eigenvalue weighted by Crippen LogP contribution is -2.39. The van der Waals surface area contributed by atoms with Gasteiger partial charge in [0, 0.05) is 19.7 Å². The summed E-state index contributed by atoms with van der Waals surface area (Å²) in [7, 11) is 4.72. The molecule has 1 aromatic carbocycles. The van der Waals surface area contributed by atoms with Crippen LogP contribution in [0, 0.1) is 0 Å². The predicted octanol–water partition coefficient (Wildman–Crippen LogP) is 1.35. The van der Waals surface area contributed by atoms with E-state index in [-0.39, 0.29) is 11.0 Å². The van der Waals surface area contributed by atoms with E-state index in [0.717, 1.165) is 5.56 Å². The van der Waals surface area contributed by atoms with Crippen molar-refractivity contribution in [1.82, 2.24) is 10.6 Å². The minimum absolute atomic E-state index is 0.263. The lowest BCUT2D eigenvalue weighted by molar-refractivity contribution is -0.115. The average molecular weight is 324 g/mol.